The van der Waals surface area contributed by atoms with Crippen LogP contribution in [0.5, 0.6) is 0 Å². The van der Waals surface area contributed by atoms with E-state index in [-0.39, 0.29) is 11.9 Å². The molecule has 0 fully saturated rings. The molecule has 0 spiro atoms. The Morgan fingerprint density at radius 1 is 1.53 bits per heavy atom. The van der Waals surface area contributed by atoms with Crippen molar-refractivity contribution >= 4 is 32.1 Å². The first-order valence-electron chi connectivity index (χ1n) is 5.77. The molecule has 0 bridgehead atoms. The van der Waals surface area contributed by atoms with E-state index >= 15 is 0 Å². The standard InChI is InChI=1S/C13H15N2O.In/c1-10(2)15-13(16)11(3)6-7-12-5-4-8-14-9-12;/h3-10H,1-2H3,(H,15,16);. The van der Waals surface area contributed by atoms with E-state index in [1.807, 2.05) is 26.1 Å². The summed E-state index contributed by atoms with van der Waals surface area (Å²) < 4.78 is 2.66. The topological polar surface area (TPSA) is 42.0 Å². The van der Waals surface area contributed by atoms with Gasteiger partial charge in [0.15, 0.2) is 0 Å². The number of amides is 1. The second-order valence-electron chi connectivity index (χ2n) is 4.42. The van der Waals surface area contributed by atoms with Crippen LogP contribution >= 0.6 is 0 Å². The third kappa shape index (κ3) is 3.28. The van der Waals surface area contributed by atoms with E-state index in [1.54, 1.807) is 6.20 Å². The van der Waals surface area contributed by atoms with Crippen LogP contribution in [0, 0.1) is 0 Å². The van der Waals surface area contributed by atoms with Crippen LogP contribution in [0.4, 0.5) is 0 Å². The van der Waals surface area contributed by atoms with E-state index in [4.69, 9.17) is 0 Å². The van der Waals surface area contributed by atoms with Gasteiger partial charge in [0.05, 0.1) is 0 Å². The molecular formula is C13H15InN2O. The van der Waals surface area contributed by atoms with E-state index in [0.29, 0.717) is 3.67 Å². The van der Waals surface area contributed by atoms with Gasteiger partial charge in [-0.25, -0.2) is 0 Å². The van der Waals surface area contributed by atoms with Crippen molar-refractivity contribution in [2.24, 2.45) is 0 Å². The Morgan fingerprint density at radius 2 is 2.35 bits per heavy atom. The first-order chi connectivity index (χ1) is 8.16. The maximum atomic E-state index is 11.8. The van der Waals surface area contributed by atoms with Gasteiger partial charge >= 0.3 is 112 Å². The molecule has 1 aromatic rings. The fourth-order valence-corrected chi connectivity index (χ4v) is 5.83. The van der Waals surface area contributed by atoms with Crippen molar-refractivity contribution in [3.8, 4) is 0 Å². The quantitative estimate of drug-likeness (QED) is 0.902. The zero-order chi connectivity index (χ0) is 12.3. The SMILES string of the molecule is CC(C)NC(=O)C1=C[CH](c2cccnc2)[In]=[CH]1. The number of carbonyl (C=O) groups is 1. The average molecular weight is 330 g/mol. The molecule has 2 rings (SSSR count). The summed E-state index contributed by atoms with van der Waals surface area (Å²) in [4.78, 5) is 16.0. The first kappa shape index (κ1) is 12.6. The molecule has 1 atom stereocenters. The second-order valence-corrected chi connectivity index (χ2v) is 8.52. The summed E-state index contributed by atoms with van der Waals surface area (Å²) in [6.07, 6.45) is 5.80. The Bertz CT molecular complexity index is 466. The van der Waals surface area contributed by atoms with Crippen LogP contribution in [0.1, 0.15) is 23.1 Å². The number of carbonyl (C=O) groups excluding carboxylic acids is 1. The Kier molecular flexibility index (Phi) is 4.15. The number of nitrogens with one attached hydrogen (secondary N) is 1. The van der Waals surface area contributed by atoms with Crippen molar-refractivity contribution in [2.45, 2.75) is 23.6 Å². The van der Waals surface area contributed by atoms with Gasteiger partial charge in [-0.2, -0.15) is 0 Å². The molecule has 17 heavy (non-hydrogen) atoms. The Hall–Kier alpha value is -0.900. The van der Waals surface area contributed by atoms with E-state index in [0.717, 1.165) is 5.57 Å². The number of allylic oxidation sites excluding steroid dienone is 1. The molecule has 0 saturated carbocycles. The molecule has 2 heterocycles. The van der Waals surface area contributed by atoms with Crippen LogP contribution in [-0.4, -0.2) is 43.1 Å². The van der Waals surface area contributed by atoms with Crippen LogP contribution in [-0.2, 0) is 4.79 Å². The van der Waals surface area contributed by atoms with Gasteiger partial charge in [0.25, 0.3) is 0 Å². The maximum absolute atomic E-state index is 11.8. The van der Waals surface area contributed by atoms with Gasteiger partial charge in [-0.15, -0.1) is 0 Å². The summed E-state index contributed by atoms with van der Waals surface area (Å²) >= 11 is -0.849. The summed E-state index contributed by atoms with van der Waals surface area (Å²) in [6.45, 7) is 3.96. The van der Waals surface area contributed by atoms with Gasteiger partial charge in [-0.1, -0.05) is 0 Å². The van der Waals surface area contributed by atoms with Crippen molar-refractivity contribution in [2.75, 3.05) is 0 Å². The molecule has 1 amide bonds. The molecule has 3 nitrogen and oxygen atoms in total. The monoisotopic (exact) mass is 330 g/mol. The van der Waals surface area contributed by atoms with E-state index in [9.17, 15) is 4.79 Å². The van der Waals surface area contributed by atoms with Gasteiger partial charge in [0.1, 0.15) is 0 Å². The predicted octanol–water partition coefficient (Wildman–Crippen LogP) is 1.09. The molecule has 0 aliphatic carbocycles. The zero-order valence-electron chi connectivity index (χ0n) is 10.1. The van der Waals surface area contributed by atoms with Crippen molar-refractivity contribution < 1.29 is 4.79 Å². The summed E-state index contributed by atoms with van der Waals surface area (Å²) in [7, 11) is 0. The molecular weight excluding hydrogens is 315 g/mol. The number of hydrogen-bond donors (Lipinski definition) is 1. The summed E-state index contributed by atoms with van der Waals surface area (Å²) in [6, 6.07) is 4.25. The average Bonchev–Trinajstić information content (AvgIpc) is 2.78. The fourth-order valence-electron chi connectivity index (χ4n) is 1.79. The van der Waals surface area contributed by atoms with Gasteiger partial charge in [-0.3, -0.25) is 0 Å². The van der Waals surface area contributed by atoms with Crippen molar-refractivity contribution in [1.29, 1.82) is 0 Å². The van der Waals surface area contributed by atoms with Crippen LogP contribution in [0.25, 0.3) is 0 Å². The van der Waals surface area contributed by atoms with Crippen LogP contribution < -0.4 is 5.32 Å². The van der Waals surface area contributed by atoms with Gasteiger partial charge < -0.3 is 0 Å². The normalized spacial score (nSPS) is 17.8. The van der Waals surface area contributed by atoms with Gasteiger partial charge in [0, 0.05) is 0 Å². The molecule has 1 N–H and O–H groups in total. The number of nitrogens with zero attached hydrogens (tertiary/aromatic N) is 1. The van der Waals surface area contributed by atoms with Crippen LogP contribution in [0.15, 0.2) is 36.2 Å². The Morgan fingerprint density at radius 3 is 3.00 bits per heavy atom. The molecule has 0 saturated heterocycles. The van der Waals surface area contributed by atoms with Crippen molar-refractivity contribution in [3.63, 3.8) is 0 Å². The number of rotatable bonds is 3. The predicted molar refractivity (Wildman–Crippen MR) is 70.2 cm³/mol. The summed E-state index contributed by atoms with van der Waals surface area (Å²) in [5.41, 5.74) is 2.12. The van der Waals surface area contributed by atoms with Crippen molar-refractivity contribution in [3.05, 3.63) is 41.7 Å². The van der Waals surface area contributed by atoms with Crippen LogP contribution in [0.3, 0.4) is 0 Å². The fraction of sp³-hybridized carbons (Fsp3) is 0.308. The summed E-state index contributed by atoms with van der Waals surface area (Å²) in [5, 5.41) is 2.93. The van der Waals surface area contributed by atoms with Crippen LogP contribution in [0.2, 0.25) is 0 Å². The molecule has 1 aliphatic rings. The molecule has 1 unspecified atom stereocenters. The molecule has 0 radical (unpaired) electrons. The third-order valence-corrected chi connectivity index (χ3v) is 7.00. The van der Waals surface area contributed by atoms with E-state index in [1.165, 1.54) is 5.56 Å². The zero-order valence-corrected chi connectivity index (χ0v) is 13.3. The molecule has 1 aromatic heterocycles. The second kappa shape index (κ2) is 5.63. The van der Waals surface area contributed by atoms with E-state index < -0.39 is 22.4 Å². The van der Waals surface area contributed by atoms with Crippen molar-refractivity contribution in [1.82, 2.24) is 10.3 Å². The minimum absolute atomic E-state index is 0.0673. The molecule has 86 valence electrons. The molecule has 0 aromatic carbocycles. The first-order valence-corrected chi connectivity index (χ1v) is 9.58. The Balaban J connectivity index is 2.10. The Labute approximate surface area is 112 Å². The number of aromatic nitrogens is 1. The van der Waals surface area contributed by atoms with E-state index in [2.05, 4.69) is 26.2 Å². The molecule has 4 heteroatoms. The third-order valence-electron chi connectivity index (χ3n) is 2.59. The molecule has 1 aliphatic heterocycles. The van der Waals surface area contributed by atoms with Gasteiger partial charge in [-0.05, 0) is 0 Å². The minimum atomic E-state index is -0.849. The number of pyridine rings is 1. The number of hydrogen-bond acceptors (Lipinski definition) is 2. The summed E-state index contributed by atoms with van der Waals surface area (Å²) in [5.74, 6) is 0.0673. The van der Waals surface area contributed by atoms with Gasteiger partial charge in [0.2, 0.25) is 0 Å².